The number of nitrogens with one attached hydrogen (secondary N) is 2. The molecule has 3 aromatic heterocycles. The summed E-state index contributed by atoms with van der Waals surface area (Å²) < 4.78 is 11.1. The molecule has 17 heteroatoms. The quantitative estimate of drug-likeness (QED) is 0.114. The highest BCUT2D eigenvalue weighted by Crippen LogP contribution is 2.36. The first-order valence-electron chi connectivity index (χ1n) is 18.9. The van der Waals surface area contributed by atoms with Gasteiger partial charge in [-0.25, -0.2) is 14.6 Å². The number of nitrogens with zero attached hydrogens (tertiary/aromatic N) is 7. The summed E-state index contributed by atoms with van der Waals surface area (Å²) >= 11 is 25.1. The highest BCUT2D eigenvalue weighted by molar-refractivity contribution is 6.76. The Morgan fingerprint density at radius 3 is 1.96 bits per heavy atom. The number of halogens is 4. The third-order valence-electron chi connectivity index (χ3n) is 10.4. The Labute approximate surface area is 346 Å². The lowest BCUT2D eigenvalue weighted by Crippen LogP contribution is -2.35. The fourth-order valence-corrected chi connectivity index (χ4v) is 8.79. The van der Waals surface area contributed by atoms with Crippen molar-refractivity contribution in [1.82, 2.24) is 39.5 Å². The molecule has 2 aromatic carbocycles. The Bertz CT molecular complexity index is 2380. The van der Waals surface area contributed by atoms with Crippen molar-refractivity contribution in [2.45, 2.75) is 76.7 Å². The van der Waals surface area contributed by atoms with E-state index in [1.54, 1.807) is 38.6 Å². The standard InChI is InChI=1S/C22H29Cl2N5O2Si.C17H16Cl2N4O/c1-32(2,3)12-11-31-14-29-21-20(19(27-29)16-5-4-6-17(23)18(16)24)26-13-28(22(21)30)15-7-9-25-10-8-15;18-13-3-1-2-11(14(13)19)15-16-12(8-21-15)17(24)23(9-22-16)10-4-6-20-7-5-10/h4-6,13,15,25H,7-12,14H2,1-3H3;1-3,9-10,20H,4-8H2. The van der Waals surface area contributed by atoms with Gasteiger partial charge in [0.05, 0.1) is 50.6 Å². The number of hydrogen-bond acceptors (Lipinski definition) is 9. The van der Waals surface area contributed by atoms with Gasteiger partial charge in [0.25, 0.3) is 11.1 Å². The molecule has 12 nitrogen and oxygen atoms in total. The van der Waals surface area contributed by atoms with E-state index >= 15 is 0 Å². The van der Waals surface area contributed by atoms with E-state index in [4.69, 9.17) is 56.2 Å². The molecule has 8 rings (SSSR count). The summed E-state index contributed by atoms with van der Waals surface area (Å²) in [5.74, 6) is 0. The zero-order valence-electron chi connectivity index (χ0n) is 31.6. The van der Waals surface area contributed by atoms with Crippen LogP contribution in [0.1, 0.15) is 54.6 Å². The zero-order chi connectivity index (χ0) is 39.6. The second-order valence-electron chi connectivity index (χ2n) is 15.5. The van der Waals surface area contributed by atoms with Crippen LogP contribution >= 0.6 is 46.4 Å². The molecule has 0 aliphatic carbocycles. The molecule has 0 atom stereocenters. The van der Waals surface area contributed by atoms with E-state index in [2.05, 4.69) is 45.2 Å². The van der Waals surface area contributed by atoms with E-state index in [9.17, 15) is 9.59 Å². The van der Waals surface area contributed by atoms with Crippen LogP contribution in [0.25, 0.3) is 22.3 Å². The molecule has 5 aromatic rings. The molecule has 0 spiro atoms. The first-order chi connectivity index (χ1) is 26.9. The average molecular weight is 858 g/mol. The van der Waals surface area contributed by atoms with Crippen LogP contribution in [0.15, 0.2) is 63.6 Å². The number of aliphatic imine (C=N–C) groups is 1. The van der Waals surface area contributed by atoms with Crippen molar-refractivity contribution in [2.75, 3.05) is 32.8 Å². The molecule has 56 heavy (non-hydrogen) atoms. The predicted octanol–water partition coefficient (Wildman–Crippen LogP) is 7.63. The van der Waals surface area contributed by atoms with E-state index in [0.29, 0.717) is 72.5 Å². The van der Waals surface area contributed by atoms with Gasteiger partial charge in [-0.05, 0) is 70.0 Å². The van der Waals surface area contributed by atoms with Gasteiger partial charge in [0.1, 0.15) is 23.6 Å². The fraction of sp³-hybridized carbons (Fsp3) is 0.436. The molecular formula is C39H45Cl4N9O3Si. The monoisotopic (exact) mass is 855 g/mol. The van der Waals surface area contributed by atoms with Gasteiger partial charge >= 0.3 is 0 Å². The lowest BCUT2D eigenvalue weighted by Gasteiger charge is -2.24. The van der Waals surface area contributed by atoms with E-state index < -0.39 is 8.07 Å². The largest absolute Gasteiger partial charge is 0.360 e. The molecule has 6 heterocycles. The summed E-state index contributed by atoms with van der Waals surface area (Å²) in [6.45, 7) is 11.7. The van der Waals surface area contributed by atoms with Crippen molar-refractivity contribution in [3.63, 3.8) is 0 Å². The summed E-state index contributed by atoms with van der Waals surface area (Å²) in [6, 6.07) is 12.1. The SMILES string of the molecule is C[Si](C)(C)CCOCn1nc(-c2cccc(Cl)c2Cl)c2ncn(C3CCNCC3)c(=O)c21.O=c1c2c(ncn1C1CCNCC1)C(c1cccc(Cl)c1Cl)=NC2. The molecule has 3 aliphatic rings. The van der Waals surface area contributed by atoms with E-state index in [1.807, 2.05) is 24.3 Å². The maximum Gasteiger partial charge on any atom is 0.279 e. The Morgan fingerprint density at radius 2 is 1.34 bits per heavy atom. The van der Waals surface area contributed by atoms with Gasteiger partial charge in [-0.2, -0.15) is 5.10 Å². The molecule has 2 fully saturated rings. The van der Waals surface area contributed by atoms with Gasteiger partial charge in [-0.1, -0.05) is 90.3 Å². The summed E-state index contributed by atoms with van der Waals surface area (Å²) in [7, 11) is -1.22. The third-order valence-corrected chi connectivity index (χ3v) is 13.8. The van der Waals surface area contributed by atoms with E-state index in [0.717, 1.165) is 63.5 Å². The molecule has 3 aliphatic heterocycles. The molecule has 2 saturated heterocycles. The Morgan fingerprint density at radius 1 is 0.768 bits per heavy atom. The van der Waals surface area contributed by atoms with Gasteiger partial charge in [0, 0.05) is 37.9 Å². The van der Waals surface area contributed by atoms with Crippen molar-refractivity contribution in [3.8, 4) is 11.3 Å². The number of benzene rings is 2. The van der Waals surface area contributed by atoms with E-state index in [1.165, 1.54) is 0 Å². The van der Waals surface area contributed by atoms with Crippen molar-refractivity contribution >= 4 is 71.2 Å². The molecule has 2 N–H and O–H groups in total. The maximum absolute atomic E-state index is 13.6. The second kappa shape index (κ2) is 17.6. The van der Waals surface area contributed by atoms with Crippen LogP contribution in [0, 0.1) is 0 Å². The zero-order valence-corrected chi connectivity index (χ0v) is 35.6. The summed E-state index contributed by atoms with van der Waals surface area (Å²) in [5, 5.41) is 13.1. The normalized spacial score (nSPS) is 16.4. The average Bonchev–Trinajstić information content (AvgIpc) is 3.79. The molecule has 0 radical (unpaired) electrons. The number of rotatable bonds is 9. The highest BCUT2D eigenvalue weighted by atomic mass is 35.5. The number of hydrogen-bond donors (Lipinski definition) is 2. The number of fused-ring (bicyclic) bond motifs is 2. The third kappa shape index (κ3) is 8.70. The van der Waals surface area contributed by atoms with Crippen LogP contribution in [-0.2, 0) is 18.0 Å². The molecular weight excluding hydrogens is 812 g/mol. The van der Waals surface area contributed by atoms with Gasteiger partial charge < -0.3 is 15.4 Å². The van der Waals surface area contributed by atoms with Crippen LogP contribution in [0.3, 0.4) is 0 Å². The summed E-state index contributed by atoms with van der Waals surface area (Å²) in [4.78, 5) is 40.1. The van der Waals surface area contributed by atoms with Gasteiger partial charge in [0.15, 0.2) is 5.52 Å². The van der Waals surface area contributed by atoms with Crippen molar-refractivity contribution < 1.29 is 4.74 Å². The van der Waals surface area contributed by atoms with Crippen LogP contribution in [-0.4, -0.2) is 75.5 Å². The fourth-order valence-electron chi connectivity index (χ4n) is 7.25. The van der Waals surface area contributed by atoms with Crippen LogP contribution < -0.4 is 21.8 Å². The second-order valence-corrected chi connectivity index (χ2v) is 22.7. The minimum atomic E-state index is -1.22. The Hall–Kier alpha value is -3.40. The van der Waals surface area contributed by atoms with Crippen molar-refractivity contribution in [1.29, 1.82) is 0 Å². The molecule has 0 saturated carbocycles. The number of ether oxygens (including phenoxy) is 1. The first-order valence-corrected chi connectivity index (χ1v) is 24.1. The number of piperidine rings is 2. The Balaban J connectivity index is 0.000000178. The minimum Gasteiger partial charge on any atom is -0.360 e. The maximum atomic E-state index is 13.6. The molecule has 0 bridgehead atoms. The van der Waals surface area contributed by atoms with Gasteiger partial charge in [-0.3, -0.25) is 23.7 Å². The van der Waals surface area contributed by atoms with Gasteiger partial charge in [0.2, 0.25) is 0 Å². The summed E-state index contributed by atoms with van der Waals surface area (Å²) in [6.07, 6.45) is 6.95. The minimum absolute atomic E-state index is 0.00352. The number of aromatic nitrogens is 6. The van der Waals surface area contributed by atoms with Crippen LogP contribution in [0.2, 0.25) is 45.8 Å². The topological polar surface area (TPSA) is 133 Å². The lowest BCUT2D eigenvalue weighted by molar-refractivity contribution is 0.0816. The van der Waals surface area contributed by atoms with Crippen molar-refractivity contribution in [3.05, 3.63) is 107 Å². The first kappa shape index (κ1) is 40.8. The van der Waals surface area contributed by atoms with Crippen LogP contribution in [0.5, 0.6) is 0 Å². The smallest absolute Gasteiger partial charge is 0.279 e. The molecule has 0 amide bonds. The molecule has 0 unspecified atom stereocenters. The van der Waals surface area contributed by atoms with Crippen molar-refractivity contribution in [2.24, 2.45) is 4.99 Å². The highest BCUT2D eigenvalue weighted by Gasteiger charge is 2.28. The lowest BCUT2D eigenvalue weighted by atomic mass is 10.0. The molecule has 296 valence electrons. The van der Waals surface area contributed by atoms with E-state index in [-0.39, 0.29) is 29.9 Å². The summed E-state index contributed by atoms with van der Waals surface area (Å²) in [5.41, 5.74) is 4.66. The van der Waals surface area contributed by atoms with Gasteiger partial charge in [-0.15, -0.1) is 0 Å². The Kier molecular flexibility index (Phi) is 12.8. The van der Waals surface area contributed by atoms with Crippen LogP contribution in [0.4, 0.5) is 0 Å². The predicted molar refractivity (Wildman–Crippen MR) is 228 cm³/mol.